The Hall–Kier alpha value is -6.37. The van der Waals surface area contributed by atoms with E-state index in [0.717, 1.165) is 116 Å². The number of benzene rings is 2. The van der Waals surface area contributed by atoms with Crippen molar-refractivity contribution in [1.29, 1.82) is 5.26 Å². The number of aryl methyl sites for hydroxylation is 1. The maximum absolute atomic E-state index is 13.1. The van der Waals surface area contributed by atoms with Crippen LogP contribution >= 0.6 is 11.6 Å². The van der Waals surface area contributed by atoms with Gasteiger partial charge in [0, 0.05) is 98.3 Å². The Morgan fingerprint density at radius 3 is 2.56 bits per heavy atom. The molecule has 6 aromatic rings. The molecule has 0 radical (unpaired) electrons. The second-order valence-electron chi connectivity index (χ2n) is 17.5. The minimum Gasteiger partial charge on any atom is -0.490 e. The van der Waals surface area contributed by atoms with E-state index >= 15 is 0 Å². The number of pyridine rings is 1. The summed E-state index contributed by atoms with van der Waals surface area (Å²) in [7, 11) is 0. The van der Waals surface area contributed by atoms with E-state index in [1.807, 2.05) is 28.0 Å². The molecule has 1 aliphatic carbocycles. The molecule has 1 saturated carbocycles. The first kappa shape index (κ1) is 41.6. The molecule has 3 fully saturated rings. The molecule has 2 saturated heterocycles. The Morgan fingerprint density at radius 2 is 1.83 bits per heavy atom. The minimum absolute atomic E-state index is 0.0279. The lowest BCUT2D eigenvalue weighted by molar-refractivity contribution is -0.129. The summed E-state index contributed by atoms with van der Waals surface area (Å²) in [6.45, 7) is 6.80. The van der Waals surface area contributed by atoms with Gasteiger partial charge >= 0.3 is 0 Å². The number of fused-ring (bicyclic) bond motifs is 2. The van der Waals surface area contributed by atoms with Gasteiger partial charge in [-0.05, 0) is 86.6 Å². The SMILES string of the molecule is CC(=O)N1CCc2c(c(-c3cccc4cc(-c5cnn(CCC6CCN(c7ccc(C(=O)NC8CCC(Oc9ccc(C#N)c(Cl)c9)CC8)nn7)CC6)c5)ncc34)nn2C2COC2)C1. The van der Waals surface area contributed by atoms with Crippen LogP contribution in [0.25, 0.3) is 33.3 Å². The van der Waals surface area contributed by atoms with Crippen molar-refractivity contribution in [3.63, 3.8) is 0 Å². The van der Waals surface area contributed by atoms with Gasteiger partial charge in [0.25, 0.3) is 5.91 Å². The van der Waals surface area contributed by atoms with Crippen LogP contribution in [0, 0.1) is 17.2 Å². The predicted octanol–water partition coefficient (Wildman–Crippen LogP) is 7.18. The zero-order chi connectivity index (χ0) is 43.7. The van der Waals surface area contributed by atoms with Crippen molar-refractivity contribution < 1.29 is 19.1 Å². The Bertz CT molecular complexity index is 2730. The topological polar surface area (TPSA) is 169 Å². The zero-order valence-corrected chi connectivity index (χ0v) is 36.6. The highest BCUT2D eigenvalue weighted by molar-refractivity contribution is 6.31. The molecule has 15 nitrogen and oxygen atoms in total. The van der Waals surface area contributed by atoms with E-state index < -0.39 is 0 Å². The van der Waals surface area contributed by atoms with E-state index in [1.54, 1.807) is 31.2 Å². The van der Waals surface area contributed by atoms with Crippen molar-refractivity contribution in [1.82, 2.24) is 45.0 Å². The zero-order valence-electron chi connectivity index (χ0n) is 35.8. The fourth-order valence-corrected chi connectivity index (χ4v) is 9.78. The summed E-state index contributed by atoms with van der Waals surface area (Å²) in [6.07, 6.45) is 13.0. The molecule has 0 atom stereocenters. The summed E-state index contributed by atoms with van der Waals surface area (Å²) in [5, 5.41) is 33.3. The second-order valence-corrected chi connectivity index (χ2v) is 17.9. The summed E-state index contributed by atoms with van der Waals surface area (Å²) in [5.74, 6) is 1.87. The molecule has 4 aromatic heterocycles. The van der Waals surface area contributed by atoms with Crippen LogP contribution in [0.5, 0.6) is 5.75 Å². The number of rotatable bonds is 11. The highest BCUT2D eigenvalue weighted by Gasteiger charge is 2.33. The molecule has 2 amide bonds. The number of nitrogens with one attached hydrogen (secondary N) is 1. The first-order chi connectivity index (χ1) is 31.3. The molecule has 0 spiro atoms. The lowest BCUT2D eigenvalue weighted by Crippen LogP contribution is -2.40. The van der Waals surface area contributed by atoms with Crippen molar-refractivity contribution >= 4 is 40.0 Å². The number of hydrogen-bond donors (Lipinski definition) is 1. The summed E-state index contributed by atoms with van der Waals surface area (Å²) in [4.78, 5) is 34.5. The van der Waals surface area contributed by atoms with Gasteiger partial charge in [0.1, 0.15) is 11.8 Å². The maximum Gasteiger partial charge on any atom is 0.272 e. The van der Waals surface area contributed by atoms with Gasteiger partial charge in [-0.3, -0.25) is 23.9 Å². The van der Waals surface area contributed by atoms with Crippen molar-refractivity contribution in [3.05, 3.63) is 101 Å². The molecular formula is C48H50ClN11O4. The average molecular weight is 880 g/mol. The number of ether oxygens (including phenoxy) is 2. The van der Waals surface area contributed by atoms with Crippen LogP contribution in [0.1, 0.15) is 85.2 Å². The number of nitrogens with zero attached hydrogens (tertiary/aromatic N) is 10. The first-order valence-electron chi connectivity index (χ1n) is 22.4. The Labute approximate surface area is 376 Å². The molecule has 1 N–H and O–H groups in total. The summed E-state index contributed by atoms with van der Waals surface area (Å²) < 4.78 is 15.8. The Balaban J connectivity index is 0.702. The lowest BCUT2D eigenvalue weighted by Gasteiger charge is -2.32. The van der Waals surface area contributed by atoms with Gasteiger partial charge in [0.05, 0.1) is 53.5 Å². The number of halogens is 1. The number of piperidine rings is 1. The number of nitriles is 1. The fraction of sp³-hybridized carbons (Fsp3) is 0.417. The predicted molar refractivity (Wildman–Crippen MR) is 241 cm³/mol. The molecule has 328 valence electrons. The Kier molecular flexibility index (Phi) is 11.7. The van der Waals surface area contributed by atoms with Crippen LogP contribution < -0.4 is 15.0 Å². The van der Waals surface area contributed by atoms with Gasteiger partial charge in [-0.15, -0.1) is 10.2 Å². The molecule has 10 rings (SSSR count). The van der Waals surface area contributed by atoms with E-state index in [-0.39, 0.29) is 30.0 Å². The smallest absolute Gasteiger partial charge is 0.272 e. The largest absolute Gasteiger partial charge is 0.490 e. The van der Waals surface area contributed by atoms with Crippen LogP contribution in [0.4, 0.5) is 5.82 Å². The standard InChI is InChI=1S/C48H50ClN11O4/c1-30(61)58-19-16-45-41(27-58)47(56-60(45)36-28-63-29-36)39-4-2-3-32-21-44(51-25-40(32)39)34-24-52-59(26-34)20-15-31-13-17-57(18-14-31)46-12-11-43(54-55-46)48(62)53-35-6-9-37(10-7-35)64-38-8-5-33(23-50)42(49)22-38/h2-5,8,11-12,21-22,24-26,31,35-37H,6-7,9-10,13-20,27-29H2,1H3,(H,53,62). The van der Waals surface area contributed by atoms with Crippen LogP contribution in [0.3, 0.4) is 0 Å². The Morgan fingerprint density at radius 1 is 0.984 bits per heavy atom. The molecule has 3 aliphatic heterocycles. The third-order valence-corrected chi connectivity index (χ3v) is 13.7. The number of anilines is 1. The third-order valence-electron chi connectivity index (χ3n) is 13.4. The van der Waals surface area contributed by atoms with E-state index in [1.165, 1.54) is 5.69 Å². The van der Waals surface area contributed by atoms with Crippen LogP contribution in [0.15, 0.2) is 73.2 Å². The molecule has 2 aromatic carbocycles. The maximum atomic E-state index is 13.1. The minimum atomic E-state index is -0.213. The molecule has 0 unspecified atom stereocenters. The molecule has 16 heteroatoms. The fourth-order valence-electron chi connectivity index (χ4n) is 9.57. The van der Waals surface area contributed by atoms with Gasteiger partial charge in [0.2, 0.25) is 5.91 Å². The summed E-state index contributed by atoms with van der Waals surface area (Å²) in [5.41, 5.74) is 6.86. The molecule has 64 heavy (non-hydrogen) atoms. The van der Waals surface area contributed by atoms with Crippen molar-refractivity contribution in [3.8, 4) is 34.3 Å². The van der Waals surface area contributed by atoms with Gasteiger partial charge in [-0.25, -0.2) is 0 Å². The average Bonchev–Trinajstić information content (AvgIpc) is 3.93. The van der Waals surface area contributed by atoms with Crippen molar-refractivity contribution in [2.75, 3.05) is 37.7 Å². The van der Waals surface area contributed by atoms with E-state index in [0.29, 0.717) is 54.3 Å². The number of amides is 2. The summed E-state index contributed by atoms with van der Waals surface area (Å²) >= 11 is 6.16. The third kappa shape index (κ3) is 8.64. The van der Waals surface area contributed by atoms with E-state index in [9.17, 15) is 9.59 Å². The monoisotopic (exact) mass is 879 g/mol. The lowest BCUT2D eigenvalue weighted by atomic mass is 9.92. The quantitative estimate of drug-likeness (QED) is 0.140. The number of carbonyl (C=O) groups excluding carboxylic acids is 2. The van der Waals surface area contributed by atoms with Crippen LogP contribution in [0.2, 0.25) is 5.02 Å². The number of hydrogen-bond acceptors (Lipinski definition) is 11. The van der Waals surface area contributed by atoms with Gasteiger partial charge < -0.3 is 24.6 Å². The van der Waals surface area contributed by atoms with Crippen molar-refractivity contribution in [2.45, 2.75) is 89.6 Å². The van der Waals surface area contributed by atoms with Gasteiger partial charge in [-0.1, -0.05) is 29.8 Å². The van der Waals surface area contributed by atoms with Gasteiger partial charge in [-0.2, -0.15) is 15.5 Å². The number of aromatic nitrogens is 7. The summed E-state index contributed by atoms with van der Waals surface area (Å²) in [6, 6.07) is 19.5. The van der Waals surface area contributed by atoms with Crippen molar-refractivity contribution in [2.24, 2.45) is 5.92 Å². The van der Waals surface area contributed by atoms with Crippen LogP contribution in [-0.4, -0.2) is 96.5 Å². The second kappa shape index (κ2) is 18.0. The number of carbonyl (C=O) groups is 2. The van der Waals surface area contributed by atoms with Gasteiger partial charge in [0.15, 0.2) is 11.5 Å². The molecular weight excluding hydrogens is 830 g/mol. The van der Waals surface area contributed by atoms with E-state index in [2.05, 4.69) is 61.6 Å². The molecule has 4 aliphatic rings. The normalized spacial score (nSPS) is 19.2. The highest BCUT2D eigenvalue weighted by atomic mass is 35.5. The van der Waals surface area contributed by atoms with E-state index in [4.69, 9.17) is 41.5 Å². The molecule has 7 heterocycles. The first-order valence-corrected chi connectivity index (χ1v) is 22.8. The van der Waals surface area contributed by atoms with Crippen LogP contribution in [-0.2, 0) is 29.0 Å². The molecule has 0 bridgehead atoms. The highest BCUT2D eigenvalue weighted by Crippen LogP contribution is 2.37.